The van der Waals surface area contributed by atoms with Crippen molar-refractivity contribution in [2.75, 3.05) is 0 Å². The van der Waals surface area contributed by atoms with Crippen molar-refractivity contribution in [3.05, 3.63) is 47.3 Å². The van der Waals surface area contributed by atoms with Gasteiger partial charge in [-0.2, -0.15) is 0 Å². The maximum Gasteiger partial charge on any atom is 0.159 e. The molecule has 1 aromatic carbocycles. The number of aryl methyl sites for hydroxylation is 3. The Bertz CT molecular complexity index is 469. The van der Waals surface area contributed by atoms with E-state index in [0.717, 1.165) is 22.8 Å². The number of benzene rings is 1. The molecule has 76 valence electrons. The molecule has 0 spiro atoms. The Labute approximate surface area is 90.0 Å². The van der Waals surface area contributed by atoms with Crippen molar-refractivity contribution < 1.29 is 0 Å². The van der Waals surface area contributed by atoms with E-state index in [9.17, 15) is 0 Å². The predicted octanol–water partition coefficient (Wildman–Crippen LogP) is 3.07. The van der Waals surface area contributed by atoms with Crippen LogP contribution in [0.1, 0.15) is 17.0 Å². The molecule has 2 nitrogen and oxygen atoms in total. The summed E-state index contributed by atoms with van der Waals surface area (Å²) in [5, 5.41) is 0. The first kappa shape index (κ1) is 9.84. The van der Waals surface area contributed by atoms with Gasteiger partial charge in [-0.3, -0.25) is 0 Å². The lowest BCUT2D eigenvalue weighted by Crippen LogP contribution is -1.94. The van der Waals surface area contributed by atoms with Gasteiger partial charge in [0.15, 0.2) is 5.82 Å². The molecule has 2 rings (SSSR count). The van der Waals surface area contributed by atoms with Crippen molar-refractivity contribution in [1.29, 1.82) is 0 Å². The lowest BCUT2D eigenvalue weighted by molar-refractivity contribution is 1.06. The van der Waals surface area contributed by atoms with Gasteiger partial charge >= 0.3 is 0 Å². The van der Waals surface area contributed by atoms with E-state index in [1.165, 1.54) is 5.56 Å². The molecule has 0 saturated carbocycles. The highest BCUT2D eigenvalue weighted by Gasteiger charge is 2.02. The van der Waals surface area contributed by atoms with Crippen LogP contribution in [0.25, 0.3) is 11.4 Å². The first-order chi connectivity index (χ1) is 7.15. The van der Waals surface area contributed by atoms with Crippen LogP contribution in [0.4, 0.5) is 0 Å². The molecular formula is C13H14N2. The predicted molar refractivity (Wildman–Crippen MR) is 61.7 cm³/mol. The zero-order valence-electron chi connectivity index (χ0n) is 9.28. The fourth-order valence-electron chi connectivity index (χ4n) is 1.64. The van der Waals surface area contributed by atoms with Crippen molar-refractivity contribution in [2.45, 2.75) is 20.8 Å². The van der Waals surface area contributed by atoms with Gasteiger partial charge in [0.1, 0.15) is 0 Å². The normalized spacial score (nSPS) is 10.3. The Morgan fingerprint density at radius 2 is 1.53 bits per heavy atom. The fourth-order valence-corrected chi connectivity index (χ4v) is 1.64. The number of rotatable bonds is 1. The molecule has 1 aromatic heterocycles. The van der Waals surface area contributed by atoms with Crippen LogP contribution in [0.5, 0.6) is 0 Å². The van der Waals surface area contributed by atoms with Gasteiger partial charge in [0.25, 0.3) is 0 Å². The number of hydrogen-bond acceptors (Lipinski definition) is 2. The van der Waals surface area contributed by atoms with E-state index in [1.807, 2.05) is 32.0 Å². The highest BCUT2D eigenvalue weighted by Crippen LogP contribution is 2.16. The molecule has 0 atom stereocenters. The van der Waals surface area contributed by atoms with Crippen molar-refractivity contribution in [3.8, 4) is 11.4 Å². The highest BCUT2D eigenvalue weighted by molar-refractivity contribution is 5.56. The van der Waals surface area contributed by atoms with Crippen molar-refractivity contribution >= 4 is 0 Å². The van der Waals surface area contributed by atoms with E-state index in [-0.39, 0.29) is 0 Å². The third-order valence-electron chi connectivity index (χ3n) is 2.26. The fraction of sp³-hybridized carbons (Fsp3) is 0.231. The zero-order valence-corrected chi connectivity index (χ0v) is 9.28. The summed E-state index contributed by atoms with van der Waals surface area (Å²) in [5.74, 6) is 0.816. The van der Waals surface area contributed by atoms with Crippen LogP contribution >= 0.6 is 0 Å². The maximum absolute atomic E-state index is 4.43. The van der Waals surface area contributed by atoms with Crippen LogP contribution in [-0.4, -0.2) is 9.97 Å². The summed E-state index contributed by atoms with van der Waals surface area (Å²) < 4.78 is 0. The van der Waals surface area contributed by atoms with Crippen molar-refractivity contribution in [3.63, 3.8) is 0 Å². The molecule has 0 aliphatic rings. The van der Waals surface area contributed by atoms with Gasteiger partial charge in [0.05, 0.1) is 0 Å². The third-order valence-corrected chi connectivity index (χ3v) is 2.26. The Kier molecular flexibility index (Phi) is 2.50. The Balaban J connectivity index is 2.54. The Morgan fingerprint density at radius 1 is 0.867 bits per heavy atom. The quantitative estimate of drug-likeness (QED) is 0.703. The molecule has 0 N–H and O–H groups in total. The van der Waals surface area contributed by atoms with Crippen LogP contribution in [0.15, 0.2) is 30.3 Å². The van der Waals surface area contributed by atoms with E-state index >= 15 is 0 Å². The van der Waals surface area contributed by atoms with E-state index in [0.29, 0.717) is 0 Å². The molecule has 0 radical (unpaired) electrons. The van der Waals surface area contributed by atoms with Crippen LogP contribution in [0.3, 0.4) is 0 Å². The zero-order chi connectivity index (χ0) is 10.8. The van der Waals surface area contributed by atoms with Gasteiger partial charge in [-0.1, -0.05) is 23.8 Å². The minimum atomic E-state index is 0.816. The van der Waals surface area contributed by atoms with Gasteiger partial charge < -0.3 is 0 Å². The van der Waals surface area contributed by atoms with Crippen molar-refractivity contribution in [1.82, 2.24) is 9.97 Å². The second-order valence-electron chi connectivity index (χ2n) is 3.84. The van der Waals surface area contributed by atoms with Gasteiger partial charge in [0, 0.05) is 17.0 Å². The summed E-state index contributed by atoms with van der Waals surface area (Å²) in [6.07, 6.45) is 0. The molecule has 0 fully saturated rings. The smallest absolute Gasteiger partial charge is 0.159 e. The van der Waals surface area contributed by atoms with Crippen LogP contribution in [-0.2, 0) is 0 Å². The average molecular weight is 198 g/mol. The van der Waals surface area contributed by atoms with Crippen molar-refractivity contribution in [2.24, 2.45) is 0 Å². The Morgan fingerprint density at radius 3 is 2.13 bits per heavy atom. The standard InChI is InChI=1S/C13H14N2/c1-9-5-4-6-12(7-9)13-14-10(2)8-11(3)15-13/h4-8H,1-3H3. The van der Waals surface area contributed by atoms with E-state index in [4.69, 9.17) is 0 Å². The lowest BCUT2D eigenvalue weighted by atomic mass is 10.1. The third kappa shape index (κ3) is 2.21. The maximum atomic E-state index is 4.43. The first-order valence-electron chi connectivity index (χ1n) is 5.04. The summed E-state index contributed by atoms with van der Waals surface area (Å²) in [6, 6.07) is 10.2. The van der Waals surface area contributed by atoms with E-state index in [2.05, 4.69) is 29.0 Å². The molecular weight excluding hydrogens is 184 g/mol. The number of nitrogens with zero attached hydrogens (tertiary/aromatic N) is 2. The molecule has 0 unspecified atom stereocenters. The van der Waals surface area contributed by atoms with Crippen LogP contribution in [0.2, 0.25) is 0 Å². The number of aromatic nitrogens is 2. The summed E-state index contributed by atoms with van der Waals surface area (Å²) in [6.45, 7) is 6.06. The van der Waals surface area contributed by atoms with Crippen LogP contribution < -0.4 is 0 Å². The summed E-state index contributed by atoms with van der Waals surface area (Å²) >= 11 is 0. The molecule has 0 aliphatic carbocycles. The second kappa shape index (κ2) is 3.81. The van der Waals surface area contributed by atoms with E-state index < -0.39 is 0 Å². The first-order valence-corrected chi connectivity index (χ1v) is 5.04. The molecule has 2 aromatic rings. The monoisotopic (exact) mass is 198 g/mol. The summed E-state index contributed by atoms with van der Waals surface area (Å²) in [5.41, 5.74) is 4.34. The van der Waals surface area contributed by atoms with Gasteiger partial charge in [-0.05, 0) is 32.9 Å². The second-order valence-corrected chi connectivity index (χ2v) is 3.84. The van der Waals surface area contributed by atoms with Gasteiger partial charge in [-0.25, -0.2) is 9.97 Å². The minimum absolute atomic E-state index is 0.816. The van der Waals surface area contributed by atoms with Gasteiger partial charge in [0.2, 0.25) is 0 Å². The highest BCUT2D eigenvalue weighted by atomic mass is 14.9. The molecule has 0 saturated heterocycles. The van der Waals surface area contributed by atoms with E-state index in [1.54, 1.807) is 0 Å². The SMILES string of the molecule is Cc1cccc(-c2nc(C)cc(C)n2)c1. The molecule has 15 heavy (non-hydrogen) atoms. The molecule has 1 heterocycles. The lowest BCUT2D eigenvalue weighted by Gasteiger charge is -2.03. The number of hydrogen-bond donors (Lipinski definition) is 0. The molecule has 0 bridgehead atoms. The average Bonchev–Trinajstić information content (AvgIpc) is 2.16. The molecule has 0 aliphatic heterocycles. The topological polar surface area (TPSA) is 25.8 Å². The van der Waals surface area contributed by atoms with Crippen LogP contribution in [0, 0.1) is 20.8 Å². The molecule has 2 heteroatoms. The minimum Gasteiger partial charge on any atom is -0.233 e. The Hall–Kier alpha value is -1.70. The summed E-state index contributed by atoms with van der Waals surface area (Å²) in [4.78, 5) is 8.87. The molecule has 0 amide bonds. The summed E-state index contributed by atoms with van der Waals surface area (Å²) in [7, 11) is 0. The van der Waals surface area contributed by atoms with Gasteiger partial charge in [-0.15, -0.1) is 0 Å². The largest absolute Gasteiger partial charge is 0.233 e.